The molecule has 1 unspecified atom stereocenters. The van der Waals surface area contributed by atoms with Gasteiger partial charge >= 0.3 is 18.0 Å². The monoisotopic (exact) mass is 1410 g/mol. The van der Waals surface area contributed by atoms with Crippen LogP contribution in [-0.2, 0) is 128 Å². The highest BCUT2D eigenvalue weighted by Crippen LogP contribution is 2.52. The van der Waals surface area contributed by atoms with Gasteiger partial charge < -0.3 is 140 Å². The highest BCUT2D eigenvalue weighted by Gasteiger charge is 2.49. The first-order valence-electron chi connectivity index (χ1n) is 34.3. The van der Waals surface area contributed by atoms with Crippen molar-refractivity contribution < 1.29 is 143 Å². The van der Waals surface area contributed by atoms with Crippen LogP contribution in [0.3, 0.4) is 0 Å². The molecule has 0 aromatic rings. The van der Waals surface area contributed by atoms with Crippen LogP contribution in [0.25, 0.3) is 0 Å². The lowest BCUT2D eigenvalue weighted by Crippen LogP contribution is -2.29. The number of carbonyl (C=O) groups is 3. The first-order chi connectivity index (χ1) is 48.0. The van der Waals surface area contributed by atoms with E-state index in [0.717, 1.165) is 25.7 Å². The number of rotatable bonds is 79. The van der Waals surface area contributed by atoms with Crippen molar-refractivity contribution in [3.63, 3.8) is 0 Å². The first-order valence-corrected chi connectivity index (χ1v) is 34.3. The molecule has 0 aromatic carbocycles. The molecule has 0 bridgehead atoms. The van der Waals surface area contributed by atoms with E-state index in [-0.39, 0.29) is 32.1 Å². The quantitative estimate of drug-likeness (QED) is 0.0494. The number of hydrogen-bond acceptors (Lipinski definition) is 29. The van der Waals surface area contributed by atoms with Gasteiger partial charge in [-0.25, -0.2) is 4.79 Å². The van der Waals surface area contributed by atoms with E-state index >= 15 is 0 Å². The maximum absolute atomic E-state index is 11.9. The number of carboxylic acids is 2. The van der Waals surface area contributed by atoms with E-state index in [4.69, 9.17) is 134 Å². The van der Waals surface area contributed by atoms with Gasteiger partial charge in [0.15, 0.2) is 0 Å². The Balaban J connectivity index is 0.00000101. The van der Waals surface area contributed by atoms with Gasteiger partial charge in [0.1, 0.15) is 0 Å². The molecule has 0 radical (unpaired) electrons. The van der Waals surface area contributed by atoms with Gasteiger partial charge in [0.2, 0.25) is 0 Å². The smallest absolute Gasteiger partial charge is 0.407 e. The first kappa shape index (κ1) is 91.8. The molecule has 2 rings (SSSR count). The molecule has 0 heterocycles. The summed E-state index contributed by atoms with van der Waals surface area (Å²) in [6.45, 7) is 23.7. The number of nitrogens with one attached hydrogen (secondary N) is 1. The van der Waals surface area contributed by atoms with Crippen LogP contribution in [0.15, 0.2) is 0 Å². The number of carboxylic acid groups (broad SMARTS) is 2. The number of alkyl carbamates (subject to hydrolysis) is 1. The highest BCUT2D eigenvalue weighted by molar-refractivity contribution is 5.67. The van der Waals surface area contributed by atoms with E-state index in [0.29, 0.717) is 341 Å². The maximum Gasteiger partial charge on any atom is 0.407 e. The highest BCUT2D eigenvalue weighted by atomic mass is 16.6. The van der Waals surface area contributed by atoms with E-state index in [1.807, 2.05) is 0 Å². The molecule has 97 heavy (non-hydrogen) atoms. The fraction of sp³-hybridized carbons (Fsp3) is 0.923. The molecule has 32 nitrogen and oxygen atoms in total. The van der Waals surface area contributed by atoms with Crippen molar-refractivity contribution in [3.8, 4) is 11.8 Å². The fourth-order valence-electron chi connectivity index (χ4n) is 8.18. The molecule has 0 aromatic heterocycles. The second kappa shape index (κ2) is 78.5. The number of ether oxygens (including phenoxy) is 25. The number of nitrogens with two attached hydrogens (primary N) is 1. The zero-order chi connectivity index (χ0) is 69.6. The Labute approximate surface area is 575 Å². The number of amides is 1. The Morgan fingerprint density at radius 1 is 0.289 bits per heavy atom. The fourth-order valence-corrected chi connectivity index (χ4v) is 8.18. The minimum absolute atomic E-state index is 0.00219. The number of aliphatic carboxylic acids is 2. The largest absolute Gasteiger partial charge is 0.481 e. The summed E-state index contributed by atoms with van der Waals surface area (Å²) in [5.74, 6) is 6.47. The summed E-state index contributed by atoms with van der Waals surface area (Å²) in [6, 6.07) is 0. The van der Waals surface area contributed by atoms with Crippen LogP contribution in [0.4, 0.5) is 4.79 Å². The average Bonchev–Trinajstić information content (AvgIpc) is 1.63. The average molecular weight is 1410 g/mol. The summed E-state index contributed by atoms with van der Waals surface area (Å²) in [5, 5.41) is 19.7. The van der Waals surface area contributed by atoms with Crippen LogP contribution in [0.2, 0.25) is 0 Å². The molecule has 0 aliphatic heterocycles. The maximum atomic E-state index is 11.9. The minimum Gasteiger partial charge on any atom is -0.481 e. The summed E-state index contributed by atoms with van der Waals surface area (Å²) < 4.78 is 135. The predicted molar refractivity (Wildman–Crippen MR) is 349 cm³/mol. The lowest BCUT2D eigenvalue weighted by molar-refractivity contribution is -0.139. The van der Waals surface area contributed by atoms with Gasteiger partial charge in [0.05, 0.1) is 337 Å². The van der Waals surface area contributed by atoms with Crippen molar-refractivity contribution >= 4 is 18.0 Å². The van der Waals surface area contributed by atoms with E-state index in [1.54, 1.807) is 0 Å². The minimum atomic E-state index is -0.877. The Kier molecular flexibility index (Phi) is 74.3. The number of carbonyl (C=O) groups excluding carboxylic acids is 1. The third-order valence-electron chi connectivity index (χ3n) is 13.1. The van der Waals surface area contributed by atoms with Gasteiger partial charge in [-0.2, -0.15) is 0 Å². The second-order valence-corrected chi connectivity index (χ2v) is 20.7. The SMILES string of the molecule is NCCOCCOCCOCCOCCOCCOCCOCCOCCOCCOCCOCCOCCC(=O)O.O=C(O)CCOCCOCCOCCOCCOCCOCCOCCOCCOCCOCCOCCOCCNC(=O)OCC1[C@H]2CCC#CCC[C@@H]12. The molecule has 5 N–H and O–H groups in total. The zero-order valence-corrected chi connectivity index (χ0v) is 57.9. The van der Waals surface area contributed by atoms with Gasteiger partial charge in [0.25, 0.3) is 0 Å². The van der Waals surface area contributed by atoms with Gasteiger partial charge in [-0.3, -0.25) is 9.59 Å². The number of fused-ring (bicyclic) bond motifs is 1. The van der Waals surface area contributed by atoms with E-state index in [2.05, 4.69) is 17.2 Å². The Morgan fingerprint density at radius 2 is 0.474 bits per heavy atom. The van der Waals surface area contributed by atoms with Crippen molar-refractivity contribution in [2.45, 2.75) is 38.5 Å². The summed E-state index contributed by atoms with van der Waals surface area (Å²) in [7, 11) is 0. The van der Waals surface area contributed by atoms with Gasteiger partial charge in [0, 0.05) is 25.9 Å². The lowest BCUT2D eigenvalue weighted by Gasteiger charge is -2.09. The predicted octanol–water partition coefficient (Wildman–Crippen LogP) is 1.45. The Morgan fingerprint density at radius 3 is 0.670 bits per heavy atom. The van der Waals surface area contributed by atoms with Crippen molar-refractivity contribution in [1.82, 2.24) is 5.32 Å². The number of hydrogen-bond donors (Lipinski definition) is 4. The third kappa shape index (κ3) is 73.8. The summed E-state index contributed by atoms with van der Waals surface area (Å²) in [5.41, 5.74) is 5.32. The van der Waals surface area contributed by atoms with Crippen LogP contribution in [0.1, 0.15) is 38.5 Å². The van der Waals surface area contributed by atoms with Crippen LogP contribution in [0.5, 0.6) is 0 Å². The molecule has 0 saturated heterocycles. The van der Waals surface area contributed by atoms with Crippen LogP contribution < -0.4 is 11.1 Å². The normalized spacial score (nSPS) is 14.9. The molecule has 2 aliphatic rings. The van der Waals surface area contributed by atoms with Crippen LogP contribution >= 0.6 is 0 Å². The molecule has 1 amide bonds. The van der Waals surface area contributed by atoms with Crippen LogP contribution in [-0.4, -0.2) is 365 Å². The molecule has 1 saturated carbocycles. The molecule has 32 heteroatoms. The topological polar surface area (TPSA) is 360 Å². The molecule has 2 aliphatic carbocycles. The molecule has 1 fully saturated rings. The van der Waals surface area contributed by atoms with Crippen molar-refractivity contribution in [1.29, 1.82) is 0 Å². The van der Waals surface area contributed by atoms with Gasteiger partial charge in [-0.15, -0.1) is 11.8 Å². The molecular formula is C65H122N2O30. The van der Waals surface area contributed by atoms with Gasteiger partial charge in [-0.05, 0) is 30.6 Å². The summed E-state index contributed by atoms with van der Waals surface area (Å²) in [6.07, 6.45) is 3.76. The zero-order valence-electron chi connectivity index (χ0n) is 57.9. The van der Waals surface area contributed by atoms with Crippen molar-refractivity contribution in [2.75, 3.05) is 337 Å². The van der Waals surface area contributed by atoms with E-state index in [9.17, 15) is 14.4 Å². The second-order valence-electron chi connectivity index (χ2n) is 20.7. The Hall–Kier alpha value is -3.23. The molecular weight excluding hydrogens is 1290 g/mol. The van der Waals surface area contributed by atoms with E-state index in [1.165, 1.54) is 0 Å². The Bertz CT molecular complexity index is 1700. The van der Waals surface area contributed by atoms with Gasteiger partial charge in [-0.1, -0.05) is 0 Å². The van der Waals surface area contributed by atoms with Crippen molar-refractivity contribution in [3.05, 3.63) is 0 Å². The summed E-state index contributed by atoms with van der Waals surface area (Å²) >= 11 is 0. The molecule has 0 spiro atoms. The van der Waals surface area contributed by atoms with Crippen molar-refractivity contribution in [2.24, 2.45) is 23.5 Å². The third-order valence-corrected chi connectivity index (χ3v) is 13.1. The lowest BCUT2D eigenvalue weighted by atomic mass is 10.1. The standard InChI is InChI=1S/C38H67NO16.C27H55NO14/c40-37(41)7-9-43-11-13-45-15-17-47-19-21-49-23-25-51-27-29-53-31-32-54-30-28-52-26-24-50-22-20-48-18-16-46-14-12-44-10-8-39-38(42)55-33-36-34-5-3-1-2-4-6-35(34)36;28-2-4-32-6-8-34-10-12-36-14-16-38-18-20-40-22-24-42-26-25-41-23-21-39-19-17-37-15-13-35-11-9-33-7-5-31-3-1-27(29)30/h34-36H,3-33H2,(H,39,42)(H,40,41);1-26,28H2,(H,29,30)/t34-,35+,36?;. The van der Waals surface area contributed by atoms with Crippen LogP contribution in [0, 0.1) is 29.6 Å². The molecule has 3 atom stereocenters. The summed E-state index contributed by atoms with van der Waals surface area (Å²) in [4.78, 5) is 32.6. The van der Waals surface area contributed by atoms with E-state index < -0.39 is 11.9 Å². The molecule has 572 valence electrons.